The number of nitrogens with zero attached hydrogens (tertiary/aromatic N) is 5. The van der Waals surface area contributed by atoms with Crippen LogP contribution in [0.3, 0.4) is 0 Å². The predicted octanol–water partition coefficient (Wildman–Crippen LogP) is 1.60. The summed E-state index contributed by atoms with van der Waals surface area (Å²) in [5, 5.41) is 11.2. The monoisotopic (exact) mass is 329 g/mol. The van der Waals surface area contributed by atoms with E-state index < -0.39 is 29.5 Å². The molecule has 0 spiro atoms. The maximum Gasteiger partial charge on any atom is 0.392 e. The molecule has 0 radical (unpaired) electrons. The predicted molar refractivity (Wildman–Crippen MR) is 72.0 cm³/mol. The summed E-state index contributed by atoms with van der Waals surface area (Å²) in [5.41, 5.74) is -0.813. The topological polar surface area (TPSA) is 63.9 Å². The van der Waals surface area contributed by atoms with Crippen molar-refractivity contribution in [3.8, 4) is 0 Å². The summed E-state index contributed by atoms with van der Waals surface area (Å²) < 4.78 is 39.9. The van der Waals surface area contributed by atoms with Gasteiger partial charge in [0.15, 0.2) is 0 Å². The van der Waals surface area contributed by atoms with Crippen molar-refractivity contribution in [3.05, 3.63) is 6.33 Å². The van der Waals surface area contributed by atoms with Crippen molar-refractivity contribution in [2.24, 2.45) is 17.8 Å². The van der Waals surface area contributed by atoms with Crippen LogP contribution in [0.15, 0.2) is 6.33 Å². The lowest BCUT2D eigenvalue weighted by Gasteiger charge is -2.38. The standard InChI is InChI=1S/C14H18F3N5O/c15-14(16,17)11-9-6-21(7-10(9)11)12(23)13(4-2-1-3-5-13)22-8-18-19-20-22/h8-11H,1-7H2/t9-,10+,11?. The zero-order valence-corrected chi connectivity index (χ0v) is 12.5. The van der Waals surface area contributed by atoms with Gasteiger partial charge in [0.2, 0.25) is 0 Å². The van der Waals surface area contributed by atoms with Crippen molar-refractivity contribution in [2.75, 3.05) is 13.1 Å². The maximum atomic E-state index is 13.1. The highest BCUT2D eigenvalue weighted by Gasteiger charge is 2.68. The van der Waals surface area contributed by atoms with Crippen molar-refractivity contribution in [1.29, 1.82) is 0 Å². The number of likely N-dealkylation sites (tertiary alicyclic amines) is 1. The Kier molecular flexibility index (Phi) is 3.18. The highest BCUT2D eigenvalue weighted by molar-refractivity contribution is 5.85. The Hall–Kier alpha value is -1.67. The molecule has 1 aromatic heterocycles. The smallest absolute Gasteiger partial charge is 0.340 e. The molecule has 6 nitrogen and oxygen atoms in total. The van der Waals surface area contributed by atoms with E-state index in [-0.39, 0.29) is 19.0 Å². The van der Waals surface area contributed by atoms with Gasteiger partial charge in [-0.1, -0.05) is 19.3 Å². The van der Waals surface area contributed by atoms with E-state index in [2.05, 4.69) is 15.5 Å². The van der Waals surface area contributed by atoms with Crippen LogP contribution in [0.4, 0.5) is 13.2 Å². The molecule has 2 heterocycles. The van der Waals surface area contributed by atoms with Crippen LogP contribution < -0.4 is 0 Å². The van der Waals surface area contributed by atoms with Crippen LogP contribution in [0.2, 0.25) is 0 Å². The molecule has 2 saturated carbocycles. The Morgan fingerprint density at radius 1 is 1.13 bits per heavy atom. The fourth-order valence-electron chi connectivity index (χ4n) is 4.51. The third-order valence-electron chi connectivity index (χ3n) is 5.73. The van der Waals surface area contributed by atoms with Crippen LogP contribution in [0.1, 0.15) is 32.1 Å². The lowest BCUT2D eigenvalue weighted by atomic mass is 9.80. The number of halogens is 3. The lowest BCUT2D eigenvalue weighted by molar-refractivity contribution is -0.161. The van der Waals surface area contributed by atoms with Gasteiger partial charge in [0, 0.05) is 13.1 Å². The van der Waals surface area contributed by atoms with Gasteiger partial charge in [-0.15, -0.1) is 5.10 Å². The minimum Gasteiger partial charge on any atom is -0.340 e. The molecule has 1 amide bonds. The second kappa shape index (κ2) is 4.91. The molecule has 2 aliphatic carbocycles. The van der Waals surface area contributed by atoms with Gasteiger partial charge < -0.3 is 4.90 Å². The molecule has 0 aromatic carbocycles. The largest absolute Gasteiger partial charge is 0.392 e. The molecular formula is C14H18F3N5O. The van der Waals surface area contributed by atoms with Crippen LogP contribution in [0.5, 0.6) is 0 Å². The Balaban J connectivity index is 1.52. The van der Waals surface area contributed by atoms with E-state index in [1.807, 2.05) is 0 Å². The van der Waals surface area contributed by atoms with Crippen LogP contribution in [0, 0.1) is 17.8 Å². The molecule has 3 fully saturated rings. The van der Waals surface area contributed by atoms with E-state index in [0.29, 0.717) is 12.8 Å². The zero-order chi connectivity index (χ0) is 16.2. The van der Waals surface area contributed by atoms with Crippen molar-refractivity contribution in [1.82, 2.24) is 25.1 Å². The summed E-state index contributed by atoms with van der Waals surface area (Å²) in [7, 11) is 0. The number of carbonyl (C=O) groups excluding carboxylic acids is 1. The van der Waals surface area contributed by atoms with E-state index in [0.717, 1.165) is 19.3 Å². The van der Waals surface area contributed by atoms with Crippen molar-refractivity contribution in [2.45, 2.75) is 43.8 Å². The molecule has 1 aliphatic heterocycles. The quantitative estimate of drug-likeness (QED) is 0.827. The Labute approximate surface area is 131 Å². The molecule has 3 atom stereocenters. The van der Waals surface area contributed by atoms with Gasteiger partial charge in [0.05, 0.1) is 5.92 Å². The summed E-state index contributed by atoms with van der Waals surface area (Å²) in [6, 6.07) is 0. The Bertz CT molecular complexity index is 584. The fraction of sp³-hybridized carbons (Fsp3) is 0.857. The van der Waals surface area contributed by atoms with E-state index in [4.69, 9.17) is 0 Å². The molecule has 9 heteroatoms. The fourth-order valence-corrected chi connectivity index (χ4v) is 4.51. The first kappa shape index (κ1) is 14.9. The first-order valence-electron chi connectivity index (χ1n) is 8.03. The minimum absolute atomic E-state index is 0.113. The number of rotatable bonds is 2. The molecule has 0 bridgehead atoms. The van der Waals surface area contributed by atoms with Crippen LogP contribution in [-0.4, -0.2) is 50.3 Å². The molecule has 1 aromatic rings. The number of hydrogen-bond donors (Lipinski definition) is 0. The zero-order valence-electron chi connectivity index (χ0n) is 12.5. The molecule has 23 heavy (non-hydrogen) atoms. The molecular weight excluding hydrogens is 311 g/mol. The number of carbonyl (C=O) groups is 1. The summed E-state index contributed by atoms with van der Waals surface area (Å²) in [4.78, 5) is 14.7. The van der Waals surface area contributed by atoms with Gasteiger partial charge in [-0.2, -0.15) is 13.2 Å². The van der Waals surface area contributed by atoms with Crippen molar-refractivity contribution < 1.29 is 18.0 Å². The minimum atomic E-state index is -4.14. The Morgan fingerprint density at radius 2 is 1.78 bits per heavy atom. The molecule has 1 unspecified atom stereocenters. The van der Waals surface area contributed by atoms with Gasteiger partial charge in [-0.05, 0) is 35.1 Å². The number of amides is 1. The number of fused-ring (bicyclic) bond motifs is 1. The number of piperidine rings is 1. The normalized spacial score (nSPS) is 32.7. The van der Waals surface area contributed by atoms with Crippen LogP contribution in [0.25, 0.3) is 0 Å². The van der Waals surface area contributed by atoms with Crippen LogP contribution in [-0.2, 0) is 10.3 Å². The third kappa shape index (κ3) is 2.23. The van der Waals surface area contributed by atoms with E-state index in [1.165, 1.54) is 11.0 Å². The third-order valence-corrected chi connectivity index (χ3v) is 5.73. The summed E-state index contributed by atoms with van der Waals surface area (Å²) in [6.45, 7) is 0.412. The Morgan fingerprint density at radius 3 is 2.30 bits per heavy atom. The average molecular weight is 329 g/mol. The lowest BCUT2D eigenvalue weighted by Crippen LogP contribution is -2.52. The van der Waals surface area contributed by atoms with Gasteiger partial charge in [0.1, 0.15) is 11.9 Å². The first-order chi connectivity index (χ1) is 10.9. The van der Waals surface area contributed by atoms with Crippen molar-refractivity contribution >= 4 is 5.91 Å². The second-order valence-electron chi connectivity index (χ2n) is 6.95. The number of aromatic nitrogens is 4. The van der Waals surface area contributed by atoms with Crippen molar-refractivity contribution in [3.63, 3.8) is 0 Å². The van der Waals surface area contributed by atoms with Gasteiger partial charge in [-0.3, -0.25) is 4.79 Å². The number of tetrazole rings is 1. The van der Waals surface area contributed by atoms with E-state index in [1.54, 1.807) is 4.90 Å². The maximum absolute atomic E-state index is 13.1. The van der Waals surface area contributed by atoms with Gasteiger partial charge in [-0.25, -0.2) is 4.68 Å². The molecule has 0 N–H and O–H groups in total. The number of hydrogen-bond acceptors (Lipinski definition) is 4. The van der Waals surface area contributed by atoms with E-state index >= 15 is 0 Å². The highest BCUT2D eigenvalue weighted by Crippen LogP contribution is 2.59. The summed E-state index contributed by atoms with van der Waals surface area (Å²) in [5.74, 6) is -2.18. The number of alkyl halides is 3. The summed E-state index contributed by atoms with van der Waals surface area (Å²) in [6.07, 6.45) is 1.45. The molecule has 3 aliphatic rings. The molecule has 1 saturated heterocycles. The average Bonchev–Trinajstić information content (AvgIpc) is 2.94. The van der Waals surface area contributed by atoms with Crippen LogP contribution >= 0.6 is 0 Å². The molecule has 4 rings (SSSR count). The van der Waals surface area contributed by atoms with Gasteiger partial charge in [0.25, 0.3) is 5.91 Å². The SMILES string of the molecule is O=C(N1C[C@@H]2C(C(F)(F)F)[C@@H]2C1)C1(n2cnnn2)CCCCC1. The summed E-state index contributed by atoms with van der Waals surface area (Å²) >= 11 is 0. The first-order valence-corrected chi connectivity index (χ1v) is 8.03. The van der Waals surface area contributed by atoms with E-state index in [9.17, 15) is 18.0 Å². The molecule has 126 valence electrons. The highest BCUT2D eigenvalue weighted by atomic mass is 19.4. The van der Waals surface area contributed by atoms with Gasteiger partial charge >= 0.3 is 6.18 Å². The second-order valence-corrected chi connectivity index (χ2v) is 6.95.